The number of piperazine rings is 1. The molecule has 0 saturated carbocycles. The van der Waals surface area contributed by atoms with Gasteiger partial charge in [0.25, 0.3) is 5.91 Å². The van der Waals surface area contributed by atoms with Crippen molar-refractivity contribution in [1.82, 2.24) is 14.7 Å². The van der Waals surface area contributed by atoms with E-state index >= 15 is 0 Å². The lowest BCUT2D eigenvalue weighted by Gasteiger charge is -2.35. The van der Waals surface area contributed by atoms with Gasteiger partial charge in [-0.05, 0) is 42.8 Å². The molecule has 0 atom stereocenters. The first-order valence-electron chi connectivity index (χ1n) is 6.46. The third kappa shape index (κ3) is 4.40. The minimum Gasteiger partial charge on any atom is -0.336 e. The molecule has 1 aromatic rings. The maximum atomic E-state index is 12.3. The predicted octanol–water partition coefficient (Wildman–Crippen LogP) is 1.67. The Bertz CT molecular complexity index is 427. The molecule has 0 radical (unpaired) electrons. The lowest BCUT2D eigenvalue weighted by Crippen LogP contribution is -2.49. The molecule has 0 bridgehead atoms. The lowest BCUT2D eigenvalue weighted by molar-refractivity contribution is 0.0630. The van der Waals surface area contributed by atoms with Gasteiger partial charge in [0.05, 0.1) is 8.45 Å². The van der Waals surface area contributed by atoms with Crippen LogP contribution in [0.3, 0.4) is 0 Å². The third-order valence-corrected chi connectivity index (χ3v) is 5.13. The van der Waals surface area contributed by atoms with Crippen molar-refractivity contribution < 1.29 is 4.79 Å². The highest BCUT2D eigenvalue weighted by molar-refractivity contribution is 14.1. The van der Waals surface area contributed by atoms with E-state index in [1.54, 1.807) is 11.3 Å². The summed E-state index contributed by atoms with van der Waals surface area (Å²) in [5, 5.41) is 1.96. The number of hydrogen-bond donors (Lipinski definition) is 0. The second-order valence-electron chi connectivity index (χ2n) is 5.08. The van der Waals surface area contributed by atoms with Gasteiger partial charge in [0.1, 0.15) is 0 Å². The van der Waals surface area contributed by atoms with E-state index in [2.05, 4.69) is 46.5 Å². The average molecular weight is 393 g/mol. The van der Waals surface area contributed by atoms with Crippen LogP contribution in [0.15, 0.2) is 11.4 Å². The van der Waals surface area contributed by atoms with Crippen molar-refractivity contribution in [2.24, 2.45) is 0 Å². The number of rotatable bonds is 4. The molecular weight excluding hydrogens is 373 g/mol. The molecule has 2 rings (SSSR count). The molecule has 1 fully saturated rings. The Morgan fingerprint density at radius 2 is 2.05 bits per heavy atom. The Morgan fingerprint density at radius 3 is 2.58 bits per heavy atom. The number of carbonyl (C=O) groups excluding carboxylic acids is 1. The van der Waals surface area contributed by atoms with Crippen molar-refractivity contribution in [3.8, 4) is 0 Å². The van der Waals surface area contributed by atoms with E-state index < -0.39 is 0 Å². The highest BCUT2D eigenvalue weighted by Gasteiger charge is 2.22. The van der Waals surface area contributed by atoms with Gasteiger partial charge in [0, 0.05) is 44.6 Å². The van der Waals surface area contributed by atoms with Crippen molar-refractivity contribution in [3.63, 3.8) is 0 Å². The summed E-state index contributed by atoms with van der Waals surface area (Å²) in [7, 11) is 4.19. The van der Waals surface area contributed by atoms with Crippen molar-refractivity contribution in [2.45, 2.75) is 0 Å². The zero-order chi connectivity index (χ0) is 13.8. The van der Waals surface area contributed by atoms with E-state index in [0.29, 0.717) is 0 Å². The smallest absolute Gasteiger partial charge is 0.254 e. The maximum Gasteiger partial charge on any atom is 0.254 e. The number of nitrogens with zero attached hydrogens (tertiary/aromatic N) is 3. The summed E-state index contributed by atoms with van der Waals surface area (Å²) in [6, 6.07) is 1.98. The summed E-state index contributed by atoms with van der Waals surface area (Å²) < 4.78 is 1.17. The van der Waals surface area contributed by atoms with Gasteiger partial charge < -0.3 is 9.80 Å². The lowest BCUT2D eigenvalue weighted by atomic mass is 10.2. The monoisotopic (exact) mass is 393 g/mol. The molecule has 1 aliphatic heterocycles. The molecule has 0 N–H and O–H groups in total. The minimum absolute atomic E-state index is 0.187. The molecule has 0 aromatic carbocycles. The first kappa shape index (κ1) is 15.2. The van der Waals surface area contributed by atoms with Crippen molar-refractivity contribution in [1.29, 1.82) is 0 Å². The first-order chi connectivity index (χ1) is 9.06. The van der Waals surface area contributed by atoms with Gasteiger partial charge in [0.2, 0.25) is 0 Å². The normalized spacial score (nSPS) is 17.2. The molecule has 1 saturated heterocycles. The van der Waals surface area contributed by atoms with Gasteiger partial charge in [0.15, 0.2) is 0 Å². The molecule has 1 amide bonds. The number of hydrogen-bond acceptors (Lipinski definition) is 4. The fourth-order valence-corrected chi connectivity index (χ4v) is 3.44. The largest absolute Gasteiger partial charge is 0.336 e. The van der Waals surface area contributed by atoms with Crippen LogP contribution in [0.4, 0.5) is 0 Å². The zero-order valence-electron chi connectivity index (χ0n) is 11.4. The van der Waals surface area contributed by atoms with Crippen LogP contribution < -0.4 is 0 Å². The molecule has 6 heteroatoms. The summed E-state index contributed by atoms with van der Waals surface area (Å²) >= 11 is 3.89. The maximum absolute atomic E-state index is 12.3. The topological polar surface area (TPSA) is 26.8 Å². The molecule has 19 heavy (non-hydrogen) atoms. The standard InChI is InChI=1S/C13H20IN3OS/c1-15(2)3-4-16-5-7-17(8-6-16)13(18)11-9-12(14)19-10-11/h9-10H,3-8H2,1-2H3. The van der Waals surface area contributed by atoms with Crippen LogP contribution >= 0.6 is 33.9 Å². The molecule has 0 aliphatic carbocycles. The van der Waals surface area contributed by atoms with E-state index in [-0.39, 0.29) is 5.91 Å². The van der Waals surface area contributed by atoms with Gasteiger partial charge in [-0.15, -0.1) is 11.3 Å². The van der Waals surface area contributed by atoms with Crippen LogP contribution in [0.5, 0.6) is 0 Å². The van der Waals surface area contributed by atoms with Crippen molar-refractivity contribution in [3.05, 3.63) is 19.9 Å². The van der Waals surface area contributed by atoms with Crippen LogP contribution in [-0.2, 0) is 0 Å². The van der Waals surface area contributed by atoms with Gasteiger partial charge in [-0.1, -0.05) is 0 Å². The van der Waals surface area contributed by atoms with Gasteiger partial charge >= 0.3 is 0 Å². The van der Waals surface area contributed by atoms with E-state index in [1.165, 1.54) is 2.88 Å². The van der Waals surface area contributed by atoms with E-state index in [9.17, 15) is 4.79 Å². The Hall–Kier alpha value is -0.180. The van der Waals surface area contributed by atoms with Crippen LogP contribution in [0.2, 0.25) is 0 Å². The molecule has 4 nitrogen and oxygen atoms in total. The van der Waals surface area contributed by atoms with Crippen molar-refractivity contribution >= 4 is 39.8 Å². The molecule has 1 aromatic heterocycles. The molecule has 1 aliphatic rings. The summed E-state index contributed by atoms with van der Waals surface area (Å²) in [6.45, 7) is 5.83. The Labute approximate surface area is 132 Å². The second kappa shape index (κ2) is 7.01. The van der Waals surface area contributed by atoms with Gasteiger partial charge in [-0.3, -0.25) is 9.69 Å². The average Bonchev–Trinajstić information content (AvgIpc) is 2.83. The predicted molar refractivity (Wildman–Crippen MR) is 87.9 cm³/mol. The van der Waals surface area contributed by atoms with E-state index in [4.69, 9.17) is 0 Å². The molecule has 0 spiro atoms. The summed E-state index contributed by atoms with van der Waals surface area (Å²) in [4.78, 5) is 18.9. The van der Waals surface area contributed by atoms with Gasteiger partial charge in [-0.25, -0.2) is 0 Å². The molecule has 0 unspecified atom stereocenters. The first-order valence-corrected chi connectivity index (χ1v) is 8.42. The SMILES string of the molecule is CN(C)CCN1CCN(C(=O)c2csc(I)c2)CC1. The second-order valence-corrected chi connectivity index (χ2v) is 7.88. The summed E-state index contributed by atoms with van der Waals surface area (Å²) in [5.74, 6) is 0.187. The van der Waals surface area contributed by atoms with Gasteiger partial charge in [-0.2, -0.15) is 0 Å². The Kier molecular flexibility index (Phi) is 5.61. The number of thiophene rings is 1. The van der Waals surface area contributed by atoms with Crippen LogP contribution in [-0.4, -0.2) is 74.0 Å². The molecule has 2 heterocycles. The summed E-state index contributed by atoms with van der Waals surface area (Å²) in [6.07, 6.45) is 0. The van der Waals surface area contributed by atoms with Crippen molar-refractivity contribution in [2.75, 3.05) is 53.4 Å². The quantitative estimate of drug-likeness (QED) is 0.729. The molecular formula is C13H20IN3OS. The number of likely N-dealkylation sites (N-methyl/N-ethyl adjacent to an activating group) is 1. The third-order valence-electron chi connectivity index (χ3n) is 3.34. The summed E-state index contributed by atoms with van der Waals surface area (Å²) in [5.41, 5.74) is 0.844. The minimum atomic E-state index is 0.187. The van der Waals surface area contributed by atoms with E-state index in [1.807, 2.05) is 16.3 Å². The number of amides is 1. The highest BCUT2D eigenvalue weighted by Crippen LogP contribution is 2.18. The fourth-order valence-electron chi connectivity index (χ4n) is 2.12. The van der Waals surface area contributed by atoms with Crippen LogP contribution in [0.1, 0.15) is 10.4 Å². The highest BCUT2D eigenvalue weighted by atomic mass is 127. The fraction of sp³-hybridized carbons (Fsp3) is 0.615. The van der Waals surface area contributed by atoms with E-state index in [0.717, 1.165) is 44.8 Å². The Balaban J connectivity index is 1.81. The van der Waals surface area contributed by atoms with Crippen LogP contribution in [0.25, 0.3) is 0 Å². The molecule has 106 valence electrons. The van der Waals surface area contributed by atoms with Crippen LogP contribution in [0, 0.1) is 2.88 Å². The number of carbonyl (C=O) groups is 1. The Morgan fingerprint density at radius 1 is 1.37 bits per heavy atom. The number of halogens is 1. The zero-order valence-corrected chi connectivity index (χ0v) is 14.4.